The van der Waals surface area contributed by atoms with Crippen molar-refractivity contribution in [2.45, 2.75) is 6.92 Å². The fraction of sp³-hybridized carbons (Fsp3) is 0.750. The van der Waals surface area contributed by atoms with Gasteiger partial charge < -0.3 is 6.66 Å². The normalized spacial score (nSPS) is 15.0. The molecule has 0 aliphatic carbocycles. The van der Waals surface area contributed by atoms with Gasteiger partial charge in [0.05, 0.1) is 0 Å². The van der Waals surface area contributed by atoms with Gasteiger partial charge in [0.1, 0.15) is 0 Å². The lowest BCUT2D eigenvalue weighted by Crippen LogP contribution is -1.62. The lowest BCUT2D eigenvalue weighted by molar-refractivity contribution is 1.50. The van der Waals surface area contributed by atoms with Crippen LogP contribution in [0.3, 0.4) is 0 Å². The minimum atomic E-state index is 0.152. The molecule has 1 heteroatoms. The second-order valence-electron chi connectivity index (χ2n) is 1.17. The first-order valence-corrected chi connectivity index (χ1v) is 3.95. The van der Waals surface area contributed by atoms with Gasteiger partial charge in [0, 0.05) is 0 Å². The molecular formula is C4H10P-. The van der Waals surface area contributed by atoms with Crippen LogP contribution in [0.25, 0.3) is 0 Å². The van der Waals surface area contributed by atoms with Crippen LogP contribution >= 0.6 is 7.92 Å². The molecule has 0 aromatic carbocycles. The van der Waals surface area contributed by atoms with Crippen LogP contribution in [0.1, 0.15) is 6.92 Å². The third-order valence-corrected chi connectivity index (χ3v) is 1.62. The summed E-state index contributed by atoms with van der Waals surface area (Å²) in [5.41, 5.74) is 0. The van der Waals surface area contributed by atoms with Crippen molar-refractivity contribution in [3.05, 3.63) is 6.66 Å². The molecule has 0 aliphatic heterocycles. The molecule has 32 valence electrons. The van der Waals surface area contributed by atoms with Gasteiger partial charge in [-0.25, -0.2) is 0 Å². The van der Waals surface area contributed by atoms with Gasteiger partial charge in [0.25, 0.3) is 0 Å². The Balaban J connectivity index is 2.54. The molecule has 0 heterocycles. The van der Waals surface area contributed by atoms with Crippen LogP contribution in [-0.4, -0.2) is 12.8 Å². The minimum Gasteiger partial charge on any atom is -0.317 e. The average Bonchev–Trinajstić information content (AvgIpc) is 1.38. The van der Waals surface area contributed by atoms with Crippen LogP contribution in [-0.2, 0) is 0 Å². The van der Waals surface area contributed by atoms with Crippen molar-refractivity contribution < 1.29 is 0 Å². The smallest absolute Gasteiger partial charge is 0.0638 e. The summed E-state index contributed by atoms with van der Waals surface area (Å²) < 4.78 is 0. The molecule has 0 aliphatic rings. The molecule has 0 N–H and O–H groups in total. The van der Waals surface area contributed by atoms with Gasteiger partial charge in [0.15, 0.2) is 0 Å². The van der Waals surface area contributed by atoms with Crippen LogP contribution in [0.2, 0.25) is 0 Å². The Morgan fingerprint density at radius 3 is 2.00 bits per heavy atom. The van der Waals surface area contributed by atoms with E-state index in [1.165, 1.54) is 6.16 Å². The molecule has 0 spiro atoms. The zero-order valence-corrected chi connectivity index (χ0v) is 4.76. The summed E-state index contributed by atoms with van der Waals surface area (Å²) in [5, 5.41) is 0. The Hall–Kier alpha value is 0.430. The van der Waals surface area contributed by atoms with Gasteiger partial charge in [-0.2, -0.15) is 0 Å². The van der Waals surface area contributed by atoms with Crippen LogP contribution in [0, 0.1) is 6.66 Å². The quantitative estimate of drug-likeness (QED) is 0.340. The van der Waals surface area contributed by atoms with Crippen molar-refractivity contribution in [3.63, 3.8) is 0 Å². The van der Waals surface area contributed by atoms with Gasteiger partial charge >= 0.3 is 0 Å². The van der Waals surface area contributed by atoms with Crippen molar-refractivity contribution in [2.24, 2.45) is 0 Å². The molecule has 0 aromatic heterocycles. The third kappa shape index (κ3) is 4.43. The van der Waals surface area contributed by atoms with E-state index in [1.807, 2.05) is 0 Å². The maximum atomic E-state index is 3.82. The van der Waals surface area contributed by atoms with Crippen molar-refractivity contribution in [1.82, 2.24) is 0 Å². The number of hydrogen-bond acceptors (Lipinski definition) is 0. The highest BCUT2D eigenvalue weighted by Gasteiger charge is 1.67. The Labute approximate surface area is 35.3 Å². The maximum absolute atomic E-state index is 3.82. The molecule has 0 rings (SSSR count). The summed E-state index contributed by atoms with van der Waals surface area (Å²) in [6, 6.07) is 0. The molecule has 1 unspecified atom stereocenters. The van der Waals surface area contributed by atoms with E-state index in [0.29, 0.717) is 0 Å². The maximum Gasteiger partial charge on any atom is -0.0638 e. The summed E-state index contributed by atoms with van der Waals surface area (Å²) in [4.78, 5) is 0. The van der Waals surface area contributed by atoms with Crippen LogP contribution in [0.15, 0.2) is 0 Å². The molecule has 0 nitrogen and oxygen atoms in total. The van der Waals surface area contributed by atoms with E-state index in [4.69, 9.17) is 0 Å². The highest BCUT2D eigenvalue weighted by molar-refractivity contribution is 7.57. The molecular weight excluding hydrogens is 79.0 g/mol. The fourth-order valence-electron chi connectivity index (χ4n) is 0. The highest BCUT2D eigenvalue weighted by Crippen LogP contribution is 2.24. The summed E-state index contributed by atoms with van der Waals surface area (Å²) in [6.07, 6.45) is 1.26. The summed E-state index contributed by atoms with van der Waals surface area (Å²) >= 11 is 0. The van der Waals surface area contributed by atoms with Crippen molar-refractivity contribution >= 4 is 7.92 Å². The van der Waals surface area contributed by atoms with Crippen molar-refractivity contribution in [3.8, 4) is 0 Å². The molecule has 0 aromatic rings. The molecule has 0 fully saturated rings. The first-order chi connectivity index (χ1) is 2.27. The van der Waals surface area contributed by atoms with E-state index in [0.717, 1.165) is 0 Å². The van der Waals surface area contributed by atoms with Crippen molar-refractivity contribution in [2.75, 3.05) is 12.8 Å². The second kappa shape index (κ2) is 2.66. The monoisotopic (exact) mass is 89.1 g/mol. The summed E-state index contributed by atoms with van der Waals surface area (Å²) in [5.74, 6) is 0. The zero-order chi connectivity index (χ0) is 4.28. The topological polar surface area (TPSA) is 0 Å². The average molecular weight is 89.1 g/mol. The summed E-state index contributed by atoms with van der Waals surface area (Å²) in [6.45, 7) is 8.16. The lowest BCUT2D eigenvalue weighted by atomic mass is 11.0. The minimum absolute atomic E-state index is 0.152. The van der Waals surface area contributed by atoms with E-state index >= 15 is 0 Å². The molecule has 0 radical (unpaired) electrons. The summed E-state index contributed by atoms with van der Waals surface area (Å²) in [7, 11) is 0.152. The predicted molar refractivity (Wildman–Crippen MR) is 28.7 cm³/mol. The molecule has 5 heavy (non-hydrogen) atoms. The Kier molecular flexibility index (Phi) is 2.88. The standard InChI is InChI=1S/C4H10P/c1-4-5(2)3/h2,4H2,1,3H3/q-1. The third-order valence-electron chi connectivity index (χ3n) is 0.540. The van der Waals surface area contributed by atoms with Gasteiger partial charge in [-0.1, -0.05) is 19.8 Å². The molecule has 0 amide bonds. The molecule has 0 saturated heterocycles. The van der Waals surface area contributed by atoms with E-state index in [-0.39, 0.29) is 7.92 Å². The zero-order valence-electron chi connectivity index (χ0n) is 3.86. The second-order valence-corrected chi connectivity index (χ2v) is 3.52. The van der Waals surface area contributed by atoms with Gasteiger partial charge in [-0.15, -0.1) is 0 Å². The fourth-order valence-corrected chi connectivity index (χ4v) is 0. The molecule has 1 atom stereocenters. The van der Waals surface area contributed by atoms with E-state index in [9.17, 15) is 0 Å². The Morgan fingerprint density at radius 1 is 1.80 bits per heavy atom. The first kappa shape index (κ1) is 5.43. The Morgan fingerprint density at radius 2 is 2.00 bits per heavy atom. The van der Waals surface area contributed by atoms with Gasteiger partial charge in [-0.05, 0) is 0 Å². The highest BCUT2D eigenvalue weighted by atomic mass is 31.1. The van der Waals surface area contributed by atoms with Gasteiger partial charge in [0.2, 0.25) is 0 Å². The van der Waals surface area contributed by atoms with Crippen LogP contribution in [0.4, 0.5) is 0 Å². The molecule has 0 bridgehead atoms. The van der Waals surface area contributed by atoms with Crippen LogP contribution in [0.5, 0.6) is 0 Å². The van der Waals surface area contributed by atoms with E-state index < -0.39 is 0 Å². The largest absolute Gasteiger partial charge is 0.317 e. The number of rotatable bonds is 1. The van der Waals surface area contributed by atoms with Crippen LogP contribution < -0.4 is 0 Å². The van der Waals surface area contributed by atoms with Gasteiger partial charge in [-0.3, -0.25) is 7.92 Å². The van der Waals surface area contributed by atoms with Crippen molar-refractivity contribution in [1.29, 1.82) is 0 Å². The first-order valence-electron chi connectivity index (χ1n) is 1.79. The van der Waals surface area contributed by atoms with E-state index in [2.05, 4.69) is 20.3 Å². The van der Waals surface area contributed by atoms with E-state index in [1.54, 1.807) is 0 Å². The SMILES string of the molecule is [CH2-]P(C)CC. The lowest BCUT2D eigenvalue weighted by Gasteiger charge is -2.04. The molecule has 0 saturated carbocycles. The Bertz CT molecular complexity index is 17.6. The predicted octanol–water partition coefficient (Wildman–Crippen LogP) is 1.91. The number of hydrogen-bond donors (Lipinski definition) is 0.